The highest BCUT2D eigenvalue weighted by molar-refractivity contribution is 5.27. The fourth-order valence-corrected chi connectivity index (χ4v) is 2.85. The van der Waals surface area contributed by atoms with Gasteiger partial charge in [0.05, 0.1) is 6.61 Å². The van der Waals surface area contributed by atoms with Gasteiger partial charge in [-0.1, -0.05) is 45.7 Å². The van der Waals surface area contributed by atoms with Gasteiger partial charge < -0.3 is 10.1 Å². The molecule has 2 nitrogen and oxygen atoms in total. The van der Waals surface area contributed by atoms with E-state index in [1.54, 1.807) is 0 Å². The van der Waals surface area contributed by atoms with Gasteiger partial charge in [-0.15, -0.1) is 0 Å². The maximum absolute atomic E-state index is 5.71. The van der Waals surface area contributed by atoms with Crippen LogP contribution >= 0.6 is 0 Å². The molecule has 1 aliphatic rings. The van der Waals surface area contributed by atoms with E-state index in [2.05, 4.69) is 50.4 Å². The Bertz CT molecular complexity index is 385. The molecule has 1 saturated carbocycles. The van der Waals surface area contributed by atoms with Crippen molar-refractivity contribution < 1.29 is 4.74 Å². The SMILES string of the molecule is CC(C)COc1ccc(CNC2CCCC(C)C2)cc1. The van der Waals surface area contributed by atoms with Crippen LogP contribution in [0.25, 0.3) is 0 Å². The second-order valence-corrected chi connectivity index (χ2v) is 6.70. The number of nitrogens with one attached hydrogen (secondary N) is 1. The molecular formula is C18H29NO. The number of hydrogen-bond donors (Lipinski definition) is 1. The molecule has 2 atom stereocenters. The Morgan fingerprint density at radius 3 is 2.60 bits per heavy atom. The van der Waals surface area contributed by atoms with Crippen LogP contribution in [0.3, 0.4) is 0 Å². The molecule has 1 N–H and O–H groups in total. The van der Waals surface area contributed by atoms with Crippen molar-refractivity contribution in [3.05, 3.63) is 29.8 Å². The van der Waals surface area contributed by atoms with E-state index in [-0.39, 0.29) is 0 Å². The summed E-state index contributed by atoms with van der Waals surface area (Å²) in [6.45, 7) is 8.47. The summed E-state index contributed by atoms with van der Waals surface area (Å²) < 4.78 is 5.71. The van der Waals surface area contributed by atoms with E-state index in [4.69, 9.17) is 4.74 Å². The molecule has 1 aromatic rings. The predicted molar refractivity (Wildman–Crippen MR) is 85.0 cm³/mol. The topological polar surface area (TPSA) is 21.3 Å². The van der Waals surface area contributed by atoms with Crippen molar-refractivity contribution >= 4 is 0 Å². The molecule has 20 heavy (non-hydrogen) atoms. The van der Waals surface area contributed by atoms with Crippen molar-refractivity contribution in [1.29, 1.82) is 0 Å². The Kier molecular flexibility index (Phi) is 5.90. The van der Waals surface area contributed by atoms with Gasteiger partial charge in [0.25, 0.3) is 0 Å². The molecule has 0 aliphatic heterocycles. The Hall–Kier alpha value is -1.02. The molecule has 0 radical (unpaired) electrons. The molecule has 1 fully saturated rings. The summed E-state index contributed by atoms with van der Waals surface area (Å²) in [5.41, 5.74) is 1.35. The lowest BCUT2D eigenvalue weighted by Gasteiger charge is -2.27. The second kappa shape index (κ2) is 7.68. The Morgan fingerprint density at radius 2 is 1.95 bits per heavy atom. The Balaban J connectivity index is 1.75. The third-order valence-electron chi connectivity index (χ3n) is 4.04. The number of benzene rings is 1. The molecule has 112 valence electrons. The largest absolute Gasteiger partial charge is 0.493 e. The van der Waals surface area contributed by atoms with E-state index in [9.17, 15) is 0 Å². The van der Waals surface area contributed by atoms with Crippen LogP contribution in [0.4, 0.5) is 0 Å². The van der Waals surface area contributed by atoms with Gasteiger partial charge >= 0.3 is 0 Å². The van der Waals surface area contributed by atoms with Gasteiger partial charge in [0.2, 0.25) is 0 Å². The highest BCUT2D eigenvalue weighted by Crippen LogP contribution is 2.23. The van der Waals surface area contributed by atoms with Gasteiger partial charge in [0.1, 0.15) is 5.75 Å². The van der Waals surface area contributed by atoms with Crippen LogP contribution in [0, 0.1) is 11.8 Å². The smallest absolute Gasteiger partial charge is 0.119 e. The monoisotopic (exact) mass is 275 g/mol. The lowest BCUT2D eigenvalue weighted by Crippen LogP contribution is -2.33. The summed E-state index contributed by atoms with van der Waals surface area (Å²) in [5, 5.41) is 3.70. The van der Waals surface area contributed by atoms with Crippen molar-refractivity contribution in [1.82, 2.24) is 5.32 Å². The summed E-state index contributed by atoms with van der Waals surface area (Å²) in [6.07, 6.45) is 5.44. The fraction of sp³-hybridized carbons (Fsp3) is 0.667. The first-order valence-corrected chi connectivity index (χ1v) is 8.08. The fourth-order valence-electron chi connectivity index (χ4n) is 2.85. The third-order valence-corrected chi connectivity index (χ3v) is 4.04. The van der Waals surface area contributed by atoms with Crippen LogP contribution in [0.5, 0.6) is 5.75 Å². The second-order valence-electron chi connectivity index (χ2n) is 6.70. The summed E-state index contributed by atoms with van der Waals surface area (Å²) >= 11 is 0. The van der Waals surface area contributed by atoms with Crippen LogP contribution in [0.2, 0.25) is 0 Å². The van der Waals surface area contributed by atoms with Crippen molar-refractivity contribution in [2.24, 2.45) is 11.8 Å². The van der Waals surface area contributed by atoms with Crippen molar-refractivity contribution in [2.45, 2.75) is 59.0 Å². The van der Waals surface area contributed by atoms with E-state index < -0.39 is 0 Å². The summed E-state index contributed by atoms with van der Waals surface area (Å²) in [5.74, 6) is 2.44. The first kappa shape index (κ1) is 15.4. The van der Waals surface area contributed by atoms with Crippen molar-refractivity contribution in [3.63, 3.8) is 0 Å². The average molecular weight is 275 g/mol. The molecule has 2 unspecified atom stereocenters. The summed E-state index contributed by atoms with van der Waals surface area (Å²) in [7, 11) is 0. The number of ether oxygens (including phenoxy) is 1. The molecule has 0 bridgehead atoms. The quantitative estimate of drug-likeness (QED) is 0.831. The van der Waals surface area contributed by atoms with Gasteiger partial charge in [0, 0.05) is 12.6 Å². The van der Waals surface area contributed by atoms with Crippen LogP contribution in [-0.2, 0) is 6.54 Å². The molecule has 0 amide bonds. The molecule has 1 aliphatic carbocycles. The first-order valence-electron chi connectivity index (χ1n) is 8.08. The molecular weight excluding hydrogens is 246 g/mol. The van der Waals surface area contributed by atoms with Gasteiger partial charge in [-0.3, -0.25) is 0 Å². The highest BCUT2D eigenvalue weighted by atomic mass is 16.5. The zero-order chi connectivity index (χ0) is 14.4. The van der Waals surface area contributed by atoms with Gasteiger partial charge in [0.15, 0.2) is 0 Å². The van der Waals surface area contributed by atoms with E-state index in [0.717, 1.165) is 24.8 Å². The lowest BCUT2D eigenvalue weighted by molar-refractivity contribution is 0.271. The standard InChI is InChI=1S/C18H29NO/c1-14(2)13-20-18-9-7-16(8-10-18)12-19-17-6-4-5-15(3)11-17/h7-10,14-15,17,19H,4-6,11-13H2,1-3H3. The molecule has 2 heteroatoms. The van der Waals surface area contributed by atoms with Crippen molar-refractivity contribution in [2.75, 3.05) is 6.61 Å². The molecule has 2 rings (SSSR count). The van der Waals surface area contributed by atoms with Crippen LogP contribution in [0.15, 0.2) is 24.3 Å². The van der Waals surface area contributed by atoms with Crippen LogP contribution < -0.4 is 10.1 Å². The maximum Gasteiger partial charge on any atom is 0.119 e. The van der Waals surface area contributed by atoms with Gasteiger partial charge in [-0.05, 0) is 42.4 Å². The minimum atomic E-state index is 0.574. The van der Waals surface area contributed by atoms with Gasteiger partial charge in [-0.25, -0.2) is 0 Å². The van der Waals surface area contributed by atoms with Crippen molar-refractivity contribution in [3.8, 4) is 5.75 Å². The Morgan fingerprint density at radius 1 is 1.20 bits per heavy atom. The Labute approximate surface area is 123 Å². The molecule has 0 spiro atoms. The zero-order valence-corrected chi connectivity index (χ0v) is 13.2. The van der Waals surface area contributed by atoms with Gasteiger partial charge in [-0.2, -0.15) is 0 Å². The van der Waals surface area contributed by atoms with Crippen LogP contribution in [-0.4, -0.2) is 12.6 Å². The minimum absolute atomic E-state index is 0.574. The van der Waals surface area contributed by atoms with E-state index in [0.29, 0.717) is 12.0 Å². The lowest BCUT2D eigenvalue weighted by atomic mass is 9.87. The van der Waals surface area contributed by atoms with E-state index >= 15 is 0 Å². The predicted octanol–water partition coefficient (Wildman–Crippen LogP) is 4.39. The third kappa shape index (κ3) is 5.16. The number of hydrogen-bond acceptors (Lipinski definition) is 2. The maximum atomic E-state index is 5.71. The highest BCUT2D eigenvalue weighted by Gasteiger charge is 2.17. The molecule has 0 heterocycles. The van der Waals surface area contributed by atoms with Crippen LogP contribution in [0.1, 0.15) is 52.0 Å². The molecule has 0 aromatic heterocycles. The summed E-state index contributed by atoms with van der Waals surface area (Å²) in [4.78, 5) is 0. The first-order chi connectivity index (χ1) is 9.63. The zero-order valence-electron chi connectivity index (χ0n) is 13.2. The van der Waals surface area contributed by atoms with E-state index in [1.165, 1.54) is 31.2 Å². The number of rotatable bonds is 6. The normalized spacial score (nSPS) is 23.0. The minimum Gasteiger partial charge on any atom is -0.493 e. The average Bonchev–Trinajstić information content (AvgIpc) is 2.44. The molecule has 1 aromatic carbocycles. The van der Waals surface area contributed by atoms with E-state index in [1.807, 2.05) is 0 Å². The summed E-state index contributed by atoms with van der Waals surface area (Å²) in [6, 6.07) is 9.23. The molecule has 0 saturated heterocycles.